The summed E-state index contributed by atoms with van der Waals surface area (Å²) in [5.41, 5.74) is 0.539. The number of carbonyl (C=O) groups is 1. The molecule has 0 aliphatic rings. The lowest BCUT2D eigenvalue weighted by molar-refractivity contribution is 0.0950. The summed E-state index contributed by atoms with van der Waals surface area (Å²) in [5.74, 6) is 0.956. The van der Waals surface area contributed by atoms with Crippen molar-refractivity contribution in [2.45, 2.75) is 6.54 Å². The number of aromatic amines is 1. The maximum atomic E-state index is 11.9. The lowest BCUT2D eigenvalue weighted by Crippen LogP contribution is -2.24. The fourth-order valence-corrected chi connectivity index (χ4v) is 1.32. The van der Waals surface area contributed by atoms with Crippen LogP contribution in [-0.4, -0.2) is 45.6 Å². The fourth-order valence-electron chi connectivity index (χ4n) is 1.32. The Morgan fingerprint density at radius 2 is 2.33 bits per heavy atom. The lowest BCUT2D eigenvalue weighted by atomic mass is 10.2. The van der Waals surface area contributed by atoms with Crippen molar-refractivity contribution >= 4 is 11.7 Å². The summed E-state index contributed by atoms with van der Waals surface area (Å²) < 4.78 is 0. The van der Waals surface area contributed by atoms with Gasteiger partial charge in [-0.2, -0.15) is 5.21 Å². The average Bonchev–Trinajstić information content (AvgIpc) is 2.89. The number of anilines is 1. The number of nitrogens with one attached hydrogen (secondary N) is 2. The Morgan fingerprint density at radius 1 is 1.50 bits per heavy atom. The van der Waals surface area contributed by atoms with Crippen molar-refractivity contribution in [3.8, 4) is 0 Å². The van der Waals surface area contributed by atoms with Crippen LogP contribution in [0.4, 0.5) is 5.82 Å². The molecule has 0 atom stereocenters. The van der Waals surface area contributed by atoms with Crippen molar-refractivity contribution in [1.82, 2.24) is 30.9 Å². The molecule has 18 heavy (non-hydrogen) atoms. The van der Waals surface area contributed by atoms with Gasteiger partial charge in [0.05, 0.1) is 6.54 Å². The van der Waals surface area contributed by atoms with Gasteiger partial charge in [-0.05, 0) is 12.1 Å². The Labute approximate surface area is 103 Å². The van der Waals surface area contributed by atoms with Gasteiger partial charge in [0.2, 0.25) is 0 Å². The number of hydrogen-bond donors (Lipinski definition) is 2. The second kappa shape index (κ2) is 5.21. The zero-order valence-electron chi connectivity index (χ0n) is 10.1. The van der Waals surface area contributed by atoms with Gasteiger partial charge in [0, 0.05) is 25.9 Å². The molecule has 2 aromatic heterocycles. The van der Waals surface area contributed by atoms with Crippen LogP contribution >= 0.6 is 0 Å². The molecule has 94 valence electrons. The van der Waals surface area contributed by atoms with Crippen LogP contribution < -0.4 is 10.2 Å². The number of hydrogen-bond acceptors (Lipinski definition) is 6. The summed E-state index contributed by atoms with van der Waals surface area (Å²) in [6, 6.07) is 3.37. The Hall–Kier alpha value is -2.51. The number of rotatable bonds is 4. The van der Waals surface area contributed by atoms with Crippen LogP contribution in [-0.2, 0) is 6.54 Å². The number of nitrogens with zero attached hydrogens (tertiary/aromatic N) is 5. The molecule has 1 amide bonds. The SMILES string of the molecule is CN(C)c1cc(C(=O)NCc2nn[nH]n2)ccn1. The number of H-pyrrole nitrogens is 1. The predicted octanol–water partition coefficient (Wildman–Crippen LogP) is -0.409. The molecule has 0 saturated heterocycles. The number of tetrazole rings is 1. The molecule has 0 aromatic carbocycles. The molecule has 0 unspecified atom stereocenters. The zero-order chi connectivity index (χ0) is 13.0. The van der Waals surface area contributed by atoms with E-state index in [2.05, 4.69) is 30.9 Å². The van der Waals surface area contributed by atoms with E-state index in [-0.39, 0.29) is 12.5 Å². The molecule has 2 N–H and O–H groups in total. The van der Waals surface area contributed by atoms with Crippen molar-refractivity contribution in [1.29, 1.82) is 0 Å². The summed E-state index contributed by atoms with van der Waals surface area (Å²) in [6.45, 7) is 0.231. The van der Waals surface area contributed by atoms with Crippen LogP contribution in [0.2, 0.25) is 0 Å². The average molecular weight is 247 g/mol. The summed E-state index contributed by atoms with van der Waals surface area (Å²) >= 11 is 0. The normalized spacial score (nSPS) is 10.1. The third-order valence-corrected chi connectivity index (χ3v) is 2.26. The van der Waals surface area contributed by atoms with Crippen LogP contribution in [0, 0.1) is 0 Å². The second-order valence-corrected chi connectivity index (χ2v) is 3.81. The van der Waals surface area contributed by atoms with Crippen LogP contribution in [0.1, 0.15) is 16.2 Å². The molecule has 2 rings (SSSR count). The van der Waals surface area contributed by atoms with Gasteiger partial charge in [0.15, 0.2) is 5.82 Å². The first-order valence-electron chi connectivity index (χ1n) is 5.30. The highest BCUT2D eigenvalue weighted by atomic mass is 16.1. The van der Waals surface area contributed by atoms with Gasteiger partial charge in [-0.25, -0.2) is 4.98 Å². The van der Waals surface area contributed by atoms with E-state index in [1.165, 1.54) is 0 Å². The van der Waals surface area contributed by atoms with E-state index >= 15 is 0 Å². The van der Waals surface area contributed by atoms with Crippen molar-refractivity contribution in [3.63, 3.8) is 0 Å². The van der Waals surface area contributed by atoms with Gasteiger partial charge in [-0.15, -0.1) is 10.2 Å². The first-order chi connectivity index (χ1) is 8.66. The first kappa shape index (κ1) is 12.0. The molecule has 0 aliphatic carbocycles. The van der Waals surface area contributed by atoms with E-state index in [4.69, 9.17) is 0 Å². The molecule has 0 bridgehead atoms. The Balaban J connectivity index is 2.02. The van der Waals surface area contributed by atoms with Crippen molar-refractivity contribution < 1.29 is 4.79 Å². The molecule has 0 aliphatic heterocycles. The molecule has 2 aromatic rings. The van der Waals surface area contributed by atoms with Gasteiger partial charge in [-0.3, -0.25) is 4.79 Å². The van der Waals surface area contributed by atoms with Crippen molar-refractivity contribution in [2.24, 2.45) is 0 Å². The van der Waals surface area contributed by atoms with Gasteiger partial charge in [0.25, 0.3) is 5.91 Å². The third-order valence-electron chi connectivity index (χ3n) is 2.26. The number of pyridine rings is 1. The standard InChI is InChI=1S/C10H13N7O/c1-17(2)9-5-7(3-4-11-9)10(18)12-6-8-13-15-16-14-8/h3-5H,6H2,1-2H3,(H,12,18)(H,13,14,15,16). The highest BCUT2D eigenvalue weighted by Gasteiger charge is 2.08. The quantitative estimate of drug-likeness (QED) is 0.762. The zero-order valence-corrected chi connectivity index (χ0v) is 10.1. The monoisotopic (exact) mass is 247 g/mol. The largest absolute Gasteiger partial charge is 0.363 e. The van der Waals surface area contributed by atoms with Gasteiger partial charge < -0.3 is 10.2 Å². The highest BCUT2D eigenvalue weighted by Crippen LogP contribution is 2.09. The topological polar surface area (TPSA) is 99.7 Å². The smallest absolute Gasteiger partial charge is 0.251 e. The molecule has 2 heterocycles. The Kier molecular flexibility index (Phi) is 3.46. The van der Waals surface area contributed by atoms with E-state index in [9.17, 15) is 4.79 Å². The number of amides is 1. The summed E-state index contributed by atoms with van der Waals surface area (Å²) in [5, 5.41) is 15.9. The Bertz CT molecular complexity index is 523. The second-order valence-electron chi connectivity index (χ2n) is 3.81. The van der Waals surface area contributed by atoms with E-state index in [0.717, 1.165) is 5.82 Å². The van der Waals surface area contributed by atoms with Gasteiger partial charge in [-0.1, -0.05) is 5.21 Å². The van der Waals surface area contributed by atoms with Crippen LogP contribution in [0.5, 0.6) is 0 Å². The van der Waals surface area contributed by atoms with Gasteiger partial charge >= 0.3 is 0 Å². The molecule has 0 fully saturated rings. The van der Waals surface area contributed by atoms with E-state index < -0.39 is 0 Å². The van der Waals surface area contributed by atoms with Crippen LogP contribution in [0.3, 0.4) is 0 Å². The molecular formula is C10H13N7O. The number of carbonyl (C=O) groups excluding carboxylic acids is 1. The van der Waals surface area contributed by atoms with E-state index in [1.807, 2.05) is 19.0 Å². The Morgan fingerprint density at radius 3 is 3.00 bits per heavy atom. The minimum Gasteiger partial charge on any atom is -0.363 e. The maximum absolute atomic E-state index is 11.9. The van der Waals surface area contributed by atoms with Crippen LogP contribution in [0.15, 0.2) is 18.3 Å². The maximum Gasteiger partial charge on any atom is 0.251 e. The predicted molar refractivity (Wildman–Crippen MR) is 63.9 cm³/mol. The van der Waals surface area contributed by atoms with Gasteiger partial charge in [0.1, 0.15) is 5.82 Å². The minimum atomic E-state index is -0.203. The van der Waals surface area contributed by atoms with Crippen molar-refractivity contribution in [2.75, 3.05) is 19.0 Å². The van der Waals surface area contributed by atoms with Crippen molar-refractivity contribution in [3.05, 3.63) is 29.7 Å². The highest BCUT2D eigenvalue weighted by molar-refractivity contribution is 5.94. The summed E-state index contributed by atoms with van der Waals surface area (Å²) in [4.78, 5) is 17.8. The van der Waals surface area contributed by atoms with E-state index in [0.29, 0.717) is 11.4 Å². The molecular weight excluding hydrogens is 234 g/mol. The molecule has 0 radical (unpaired) electrons. The van der Waals surface area contributed by atoms with E-state index in [1.54, 1.807) is 18.3 Å². The lowest BCUT2D eigenvalue weighted by Gasteiger charge is -2.11. The fraction of sp³-hybridized carbons (Fsp3) is 0.300. The molecule has 0 saturated carbocycles. The third kappa shape index (κ3) is 2.78. The molecule has 0 spiro atoms. The minimum absolute atomic E-state index is 0.203. The number of aromatic nitrogens is 5. The molecule has 8 heteroatoms. The summed E-state index contributed by atoms with van der Waals surface area (Å²) in [6.07, 6.45) is 1.60. The summed E-state index contributed by atoms with van der Waals surface area (Å²) in [7, 11) is 3.73. The molecule has 8 nitrogen and oxygen atoms in total. The van der Waals surface area contributed by atoms with Crippen LogP contribution in [0.25, 0.3) is 0 Å². The first-order valence-corrected chi connectivity index (χ1v) is 5.30.